The Labute approximate surface area is 119 Å². The highest BCUT2D eigenvalue weighted by atomic mass is 32.2. The van der Waals surface area contributed by atoms with Crippen LogP contribution in [0.3, 0.4) is 0 Å². The van der Waals surface area contributed by atoms with Crippen LogP contribution in [0.1, 0.15) is 37.7 Å². The number of unbranched alkanes of at least 4 members (excludes halogenated alkanes) is 1. The van der Waals surface area contributed by atoms with Crippen LogP contribution in [-0.2, 0) is 9.53 Å². The molecule has 1 aliphatic rings. The molecule has 1 heterocycles. The Morgan fingerprint density at radius 1 is 1.32 bits per heavy atom. The second-order valence-electron chi connectivity index (χ2n) is 5.03. The van der Waals surface area contributed by atoms with Crippen molar-refractivity contribution < 1.29 is 9.53 Å². The molecule has 0 spiro atoms. The van der Waals surface area contributed by atoms with Crippen LogP contribution >= 0.6 is 11.8 Å². The summed E-state index contributed by atoms with van der Waals surface area (Å²) in [7, 11) is 0. The first-order valence-electron chi connectivity index (χ1n) is 7.08. The number of thioether (sulfide) groups is 1. The molecule has 0 unspecified atom stereocenters. The molecular formula is C16H22O2S. The molecule has 0 aromatic heterocycles. The van der Waals surface area contributed by atoms with E-state index in [1.807, 2.05) is 18.2 Å². The maximum absolute atomic E-state index is 12.1. The van der Waals surface area contributed by atoms with Gasteiger partial charge in [-0.25, -0.2) is 0 Å². The molecular weight excluding hydrogens is 256 g/mol. The lowest BCUT2D eigenvalue weighted by Gasteiger charge is -2.27. The molecule has 0 N–H and O–H groups in total. The largest absolute Gasteiger partial charge is 0.380 e. The van der Waals surface area contributed by atoms with Crippen molar-refractivity contribution in [2.75, 3.05) is 19.0 Å². The number of hydrogen-bond acceptors (Lipinski definition) is 3. The van der Waals surface area contributed by atoms with E-state index in [9.17, 15) is 4.79 Å². The highest BCUT2D eigenvalue weighted by Gasteiger charge is 2.30. The molecule has 1 fully saturated rings. The standard InChI is InChI=1S/C16H22O2S/c1-2-3-9-18-11-14-10-15(16(17)12-19-14)13-7-5-4-6-8-13/h4-8,14-15H,2-3,9-12H2,1H3/t14-,15-/m0/s1. The molecule has 2 atom stereocenters. The van der Waals surface area contributed by atoms with E-state index in [2.05, 4.69) is 19.1 Å². The van der Waals surface area contributed by atoms with Crippen molar-refractivity contribution in [2.45, 2.75) is 37.4 Å². The molecule has 0 aliphatic carbocycles. The van der Waals surface area contributed by atoms with Crippen molar-refractivity contribution in [3.63, 3.8) is 0 Å². The van der Waals surface area contributed by atoms with E-state index in [0.29, 0.717) is 16.8 Å². The van der Waals surface area contributed by atoms with Crippen molar-refractivity contribution in [3.05, 3.63) is 35.9 Å². The van der Waals surface area contributed by atoms with Crippen molar-refractivity contribution in [2.24, 2.45) is 0 Å². The highest BCUT2D eigenvalue weighted by Crippen LogP contribution is 2.34. The van der Waals surface area contributed by atoms with Gasteiger partial charge in [-0.05, 0) is 18.4 Å². The molecule has 1 aliphatic heterocycles. The number of rotatable bonds is 6. The van der Waals surface area contributed by atoms with Crippen LogP contribution in [0, 0.1) is 0 Å². The van der Waals surface area contributed by atoms with E-state index in [4.69, 9.17) is 4.74 Å². The van der Waals surface area contributed by atoms with Gasteiger partial charge in [-0.2, -0.15) is 0 Å². The Balaban J connectivity index is 1.88. The number of hydrogen-bond donors (Lipinski definition) is 0. The van der Waals surface area contributed by atoms with Crippen LogP contribution in [-0.4, -0.2) is 30.0 Å². The van der Waals surface area contributed by atoms with Gasteiger partial charge in [0.1, 0.15) is 5.78 Å². The topological polar surface area (TPSA) is 26.3 Å². The van der Waals surface area contributed by atoms with E-state index in [-0.39, 0.29) is 5.92 Å². The van der Waals surface area contributed by atoms with Gasteiger partial charge in [0, 0.05) is 17.8 Å². The van der Waals surface area contributed by atoms with Gasteiger partial charge in [-0.3, -0.25) is 4.79 Å². The molecule has 3 heteroatoms. The third kappa shape index (κ3) is 4.36. The average molecular weight is 278 g/mol. The maximum Gasteiger partial charge on any atom is 0.150 e. The zero-order chi connectivity index (χ0) is 13.5. The first-order chi connectivity index (χ1) is 9.31. The second-order valence-corrected chi connectivity index (χ2v) is 6.32. The van der Waals surface area contributed by atoms with Crippen molar-refractivity contribution in [1.82, 2.24) is 0 Å². The van der Waals surface area contributed by atoms with Crippen molar-refractivity contribution in [1.29, 1.82) is 0 Å². The normalized spacial score (nSPS) is 23.5. The average Bonchev–Trinajstić information content (AvgIpc) is 2.46. The summed E-state index contributed by atoms with van der Waals surface area (Å²) >= 11 is 1.75. The van der Waals surface area contributed by atoms with Gasteiger partial charge in [-0.1, -0.05) is 43.7 Å². The SMILES string of the molecule is CCCCOC[C@@H]1C[C@@H](c2ccccc2)C(=O)CS1. The van der Waals surface area contributed by atoms with Gasteiger partial charge in [-0.15, -0.1) is 11.8 Å². The summed E-state index contributed by atoms with van der Waals surface area (Å²) in [5, 5.41) is 0.458. The summed E-state index contributed by atoms with van der Waals surface area (Å²) in [5.41, 5.74) is 1.16. The Morgan fingerprint density at radius 2 is 2.11 bits per heavy atom. The second kappa shape index (κ2) is 7.71. The molecule has 0 bridgehead atoms. The fourth-order valence-corrected chi connectivity index (χ4v) is 3.47. The smallest absolute Gasteiger partial charge is 0.150 e. The first-order valence-corrected chi connectivity index (χ1v) is 8.13. The van der Waals surface area contributed by atoms with Crippen LogP contribution in [0.4, 0.5) is 0 Å². The number of ketones is 1. The molecule has 0 amide bonds. The van der Waals surface area contributed by atoms with Crippen LogP contribution < -0.4 is 0 Å². The maximum atomic E-state index is 12.1. The minimum atomic E-state index is 0.0715. The zero-order valence-corrected chi connectivity index (χ0v) is 12.3. The predicted octanol–water partition coefficient (Wildman–Crippen LogP) is 3.66. The van der Waals surface area contributed by atoms with Crippen LogP contribution in [0.25, 0.3) is 0 Å². The number of ether oxygens (including phenoxy) is 1. The van der Waals surface area contributed by atoms with E-state index in [1.54, 1.807) is 11.8 Å². The monoisotopic (exact) mass is 278 g/mol. The Kier molecular flexibility index (Phi) is 5.93. The molecule has 0 radical (unpaired) electrons. The van der Waals surface area contributed by atoms with E-state index < -0.39 is 0 Å². The van der Waals surface area contributed by atoms with Crippen LogP contribution in [0.5, 0.6) is 0 Å². The summed E-state index contributed by atoms with van der Waals surface area (Å²) in [6, 6.07) is 10.1. The third-order valence-electron chi connectivity index (χ3n) is 3.50. The van der Waals surface area contributed by atoms with Gasteiger partial charge in [0.15, 0.2) is 0 Å². The number of carbonyl (C=O) groups excluding carboxylic acids is 1. The molecule has 1 saturated heterocycles. The fourth-order valence-electron chi connectivity index (χ4n) is 2.35. The first kappa shape index (κ1) is 14.6. The van der Waals surface area contributed by atoms with Gasteiger partial charge < -0.3 is 4.74 Å². The fraction of sp³-hybridized carbons (Fsp3) is 0.562. The molecule has 2 nitrogen and oxygen atoms in total. The summed E-state index contributed by atoms with van der Waals surface area (Å²) in [6.45, 7) is 3.79. The van der Waals surface area contributed by atoms with E-state index in [1.165, 1.54) is 6.42 Å². The number of benzene rings is 1. The zero-order valence-electron chi connectivity index (χ0n) is 11.5. The molecule has 104 valence electrons. The predicted molar refractivity (Wildman–Crippen MR) is 80.8 cm³/mol. The number of carbonyl (C=O) groups is 1. The van der Waals surface area contributed by atoms with Crippen LogP contribution in [0.2, 0.25) is 0 Å². The Morgan fingerprint density at radius 3 is 2.84 bits per heavy atom. The van der Waals surface area contributed by atoms with Gasteiger partial charge in [0.25, 0.3) is 0 Å². The summed E-state index contributed by atoms with van der Waals surface area (Å²) in [6.07, 6.45) is 3.21. The summed E-state index contributed by atoms with van der Waals surface area (Å²) in [4.78, 5) is 12.1. The van der Waals surface area contributed by atoms with Gasteiger partial charge >= 0.3 is 0 Å². The molecule has 0 saturated carbocycles. The highest BCUT2D eigenvalue weighted by molar-refractivity contribution is 8.00. The quantitative estimate of drug-likeness (QED) is 0.743. The third-order valence-corrected chi connectivity index (χ3v) is 4.75. The Bertz CT molecular complexity index is 391. The Hall–Kier alpha value is -0.800. The van der Waals surface area contributed by atoms with Gasteiger partial charge in [0.05, 0.1) is 12.4 Å². The summed E-state index contributed by atoms with van der Waals surface area (Å²) in [5.74, 6) is 1.06. The van der Waals surface area contributed by atoms with Crippen molar-refractivity contribution >= 4 is 17.5 Å². The van der Waals surface area contributed by atoms with Crippen molar-refractivity contribution in [3.8, 4) is 0 Å². The summed E-state index contributed by atoms with van der Waals surface area (Å²) < 4.78 is 5.70. The molecule has 2 rings (SSSR count). The molecule has 19 heavy (non-hydrogen) atoms. The van der Waals surface area contributed by atoms with Crippen LogP contribution in [0.15, 0.2) is 30.3 Å². The lowest BCUT2D eigenvalue weighted by Crippen LogP contribution is -2.29. The van der Waals surface area contributed by atoms with E-state index >= 15 is 0 Å². The lowest BCUT2D eigenvalue weighted by atomic mass is 9.90. The molecule has 1 aromatic carbocycles. The minimum Gasteiger partial charge on any atom is -0.380 e. The van der Waals surface area contributed by atoms with Gasteiger partial charge in [0.2, 0.25) is 0 Å². The van der Waals surface area contributed by atoms with E-state index in [0.717, 1.165) is 31.6 Å². The number of Topliss-reactive ketones (excluding diaryl/α,β-unsaturated/α-hetero) is 1. The molecule has 1 aromatic rings. The minimum absolute atomic E-state index is 0.0715. The lowest BCUT2D eigenvalue weighted by molar-refractivity contribution is -0.118.